The van der Waals surface area contributed by atoms with Crippen molar-refractivity contribution in [3.05, 3.63) is 29.8 Å². The van der Waals surface area contributed by atoms with E-state index in [1.54, 1.807) is 4.90 Å². The molecule has 0 saturated carbocycles. The van der Waals surface area contributed by atoms with Crippen molar-refractivity contribution in [2.75, 3.05) is 13.1 Å². The van der Waals surface area contributed by atoms with Gasteiger partial charge in [-0.3, -0.25) is 4.79 Å². The van der Waals surface area contributed by atoms with Crippen molar-refractivity contribution in [3.8, 4) is 0 Å². The van der Waals surface area contributed by atoms with E-state index >= 15 is 0 Å². The van der Waals surface area contributed by atoms with Gasteiger partial charge in [-0.1, -0.05) is 0 Å². The van der Waals surface area contributed by atoms with E-state index in [0.29, 0.717) is 12.2 Å². The first-order valence-electron chi connectivity index (χ1n) is 5.85. The van der Waals surface area contributed by atoms with Gasteiger partial charge < -0.3 is 10.6 Å². The molecular formula is C12H16FN3O. The molecule has 92 valence electrons. The van der Waals surface area contributed by atoms with Gasteiger partial charge in [-0.25, -0.2) is 9.37 Å². The Labute approximate surface area is 99.6 Å². The van der Waals surface area contributed by atoms with E-state index in [2.05, 4.69) is 4.98 Å². The maximum absolute atomic E-state index is 12.7. The first-order chi connectivity index (χ1) is 8.22. The molecule has 2 rings (SSSR count). The van der Waals surface area contributed by atoms with Crippen LogP contribution in [0.3, 0.4) is 0 Å². The number of carbonyl (C=O) groups is 1. The molecule has 1 aliphatic rings. The third kappa shape index (κ3) is 2.61. The van der Waals surface area contributed by atoms with Gasteiger partial charge in [-0.2, -0.15) is 0 Å². The predicted molar refractivity (Wildman–Crippen MR) is 61.9 cm³/mol. The lowest BCUT2D eigenvalue weighted by atomic mass is 10.1. The van der Waals surface area contributed by atoms with Gasteiger partial charge in [0.2, 0.25) is 0 Å². The van der Waals surface area contributed by atoms with Crippen molar-refractivity contribution in [1.82, 2.24) is 9.88 Å². The third-order valence-corrected chi connectivity index (χ3v) is 3.08. The van der Waals surface area contributed by atoms with Crippen molar-refractivity contribution >= 4 is 5.91 Å². The van der Waals surface area contributed by atoms with Crippen LogP contribution < -0.4 is 5.73 Å². The molecule has 5 heteroatoms. The second kappa shape index (κ2) is 5.23. The lowest BCUT2D eigenvalue weighted by Crippen LogP contribution is -2.37. The fraction of sp³-hybridized carbons (Fsp3) is 0.500. The number of aromatic nitrogens is 1. The number of nitrogens with zero attached hydrogens (tertiary/aromatic N) is 2. The number of rotatable bonds is 3. The number of hydrogen-bond donors (Lipinski definition) is 1. The van der Waals surface area contributed by atoms with E-state index in [9.17, 15) is 9.18 Å². The van der Waals surface area contributed by atoms with E-state index in [1.165, 1.54) is 12.1 Å². The number of pyridine rings is 1. The summed E-state index contributed by atoms with van der Waals surface area (Å²) in [5.74, 6) is -0.553. The molecule has 0 bridgehead atoms. The summed E-state index contributed by atoms with van der Waals surface area (Å²) in [4.78, 5) is 17.8. The average molecular weight is 237 g/mol. The Hall–Kier alpha value is -1.49. The Morgan fingerprint density at radius 2 is 2.41 bits per heavy atom. The summed E-state index contributed by atoms with van der Waals surface area (Å²) in [5.41, 5.74) is 5.83. The summed E-state index contributed by atoms with van der Waals surface area (Å²) < 4.78 is 12.7. The molecule has 17 heavy (non-hydrogen) atoms. The summed E-state index contributed by atoms with van der Waals surface area (Å²) in [6.45, 7) is 1.31. The molecule has 1 aromatic heterocycles. The zero-order chi connectivity index (χ0) is 12.3. The lowest BCUT2D eigenvalue weighted by Gasteiger charge is -2.23. The summed E-state index contributed by atoms with van der Waals surface area (Å²) in [6.07, 6.45) is 3.87. The van der Waals surface area contributed by atoms with E-state index < -0.39 is 5.82 Å². The summed E-state index contributed by atoms with van der Waals surface area (Å²) in [6, 6.07) is 2.89. The van der Waals surface area contributed by atoms with Gasteiger partial charge in [0.25, 0.3) is 5.91 Å². The number of halogens is 1. The maximum Gasteiger partial charge on any atom is 0.272 e. The number of likely N-dealkylation sites (tertiary alicyclic amines) is 1. The first kappa shape index (κ1) is 12.0. The highest BCUT2D eigenvalue weighted by atomic mass is 19.1. The van der Waals surface area contributed by atoms with E-state index in [4.69, 9.17) is 5.73 Å². The van der Waals surface area contributed by atoms with Gasteiger partial charge in [0.1, 0.15) is 11.5 Å². The van der Waals surface area contributed by atoms with Crippen LogP contribution in [-0.4, -0.2) is 34.9 Å². The van der Waals surface area contributed by atoms with E-state index in [-0.39, 0.29) is 11.9 Å². The van der Waals surface area contributed by atoms with Gasteiger partial charge in [0, 0.05) is 12.6 Å². The second-order valence-corrected chi connectivity index (χ2v) is 4.23. The summed E-state index contributed by atoms with van der Waals surface area (Å²) in [5, 5.41) is 0. The Kier molecular flexibility index (Phi) is 3.68. The van der Waals surface area contributed by atoms with Crippen LogP contribution in [-0.2, 0) is 0 Å². The molecule has 2 heterocycles. The number of hydrogen-bond acceptors (Lipinski definition) is 3. The van der Waals surface area contributed by atoms with Crippen molar-refractivity contribution in [2.45, 2.75) is 25.3 Å². The SMILES string of the molecule is NCCC1CCCN1C(=O)c1ccc(F)cn1. The molecule has 1 saturated heterocycles. The smallest absolute Gasteiger partial charge is 0.272 e. The minimum Gasteiger partial charge on any atom is -0.334 e. The van der Waals surface area contributed by atoms with Crippen LogP contribution in [0.4, 0.5) is 4.39 Å². The monoisotopic (exact) mass is 237 g/mol. The van der Waals surface area contributed by atoms with Crippen LogP contribution in [0.1, 0.15) is 29.8 Å². The quantitative estimate of drug-likeness (QED) is 0.858. The first-order valence-corrected chi connectivity index (χ1v) is 5.85. The van der Waals surface area contributed by atoms with Crippen LogP contribution in [0, 0.1) is 5.82 Å². The normalized spacial score (nSPS) is 19.6. The zero-order valence-electron chi connectivity index (χ0n) is 9.60. The number of nitrogens with two attached hydrogens (primary N) is 1. The largest absolute Gasteiger partial charge is 0.334 e. The van der Waals surface area contributed by atoms with Crippen LogP contribution >= 0.6 is 0 Å². The standard InChI is InChI=1S/C12H16FN3O/c13-9-3-4-11(15-8-9)12(17)16-7-1-2-10(16)5-6-14/h3-4,8,10H,1-2,5-7,14H2. The molecule has 1 aromatic rings. The molecule has 0 aliphatic carbocycles. The molecule has 1 unspecified atom stereocenters. The third-order valence-electron chi connectivity index (χ3n) is 3.08. The average Bonchev–Trinajstić information content (AvgIpc) is 2.78. The van der Waals surface area contributed by atoms with Gasteiger partial charge >= 0.3 is 0 Å². The van der Waals surface area contributed by atoms with Crippen LogP contribution in [0.25, 0.3) is 0 Å². The minimum absolute atomic E-state index is 0.124. The topological polar surface area (TPSA) is 59.2 Å². The number of carbonyl (C=O) groups excluding carboxylic acids is 1. The minimum atomic E-state index is -0.429. The molecule has 1 amide bonds. The maximum atomic E-state index is 12.7. The van der Waals surface area contributed by atoms with Gasteiger partial charge in [-0.15, -0.1) is 0 Å². The van der Waals surface area contributed by atoms with E-state index in [1.807, 2.05) is 0 Å². The van der Waals surface area contributed by atoms with Gasteiger partial charge in [0.05, 0.1) is 6.20 Å². The zero-order valence-corrected chi connectivity index (χ0v) is 9.60. The molecular weight excluding hydrogens is 221 g/mol. The Morgan fingerprint density at radius 3 is 3.06 bits per heavy atom. The summed E-state index contributed by atoms with van der Waals surface area (Å²) >= 11 is 0. The number of amides is 1. The van der Waals surface area contributed by atoms with Crippen molar-refractivity contribution in [3.63, 3.8) is 0 Å². The van der Waals surface area contributed by atoms with Crippen LogP contribution in [0.15, 0.2) is 18.3 Å². The Morgan fingerprint density at radius 1 is 1.59 bits per heavy atom. The lowest BCUT2D eigenvalue weighted by molar-refractivity contribution is 0.0726. The van der Waals surface area contributed by atoms with Gasteiger partial charge in [0.15, 0.2) is 0 Å². The fourth-order valence-corrected chi connectivity index (χ4v) is 2.25. The fourth-order valence-electron chi connectivity index (χ4n) is 2.25. The highest BCUT2D eigenvalue weighted by molar-refractivity contribution is 5.92. The molecule has 0 radical (unpaired) electrons. The van der Waals surface area contributed by atoms with E-state index in [0.717, 1.165) is 32.0 Å². The van der Waals surface area contributed by atoms with Crippen molar-refractivity contribution in [2.24, 2.45) is 5.73 Å². The second-order valence-electron chi connectivity index (χ2n) is 4.23. The van der Waals surface area contributed by atoms with Crippen molar-refractivity contribution in [1.29, 1.82) is 0 Å². The van der Waals surface area contributed by atoms with Crippen molar-refractivity contribution < 1.29 is 9.18 Å². The summed E-state index contributed by atoms with van der Waals surface area (Å²) in [7, 11) is 0. The highest BCUT2D eigenvalue weighted by Crippen LogP contribution is 2.21. The molecule has 0 spiro atoms. The predicted octanol–water partition coefficient (Wildman–Crippen LogP) is 1.17. The highest BCUT2D eigenvalue weighted by Gasteiger charge is 2.29. The molecule has 1 atom stereocenters. The Bertz CT molecular complexity index is 393. The molecule has 4 nitrogen and oxygen atoms in total. The van der Waals surface area contributed by atoms with Crippen LogP contribution in [0.2, 0.25) is 0 Å². The van der Waals surface area contributed by atoms with Crippen LogP contribution in [0.5, 0.6) is 0 Å². The van der Waals surface area contributed by atoms with Gasteiger partial charge in [-0.05, 0) is 37.9 Å². The molecule has 2 N–H and O–H groups in total. The molecule has 1 aliphatic heterocycles. The Balaban J connectivity index is 2.11. The molecule has 0 aromatic carbocycles. The molecule has 1 fully saturated rings.